The quantitative estimate of drug-likeness (QED) is 0.691. The first-order valence-electron chi connectivity index (χ1n) is 5.24. The van der Waals surface area contributed by atoms with Gasteiger partial charge in [-0.1, -0.05) is 0 Å². The van der Waals surface area contributed by atoms with Gasteiger partial charge in [-0.25, -0.2) is 0 Å². The van der Waals surface area contributed by atoms with E-state index in [1.165, 1.54) is 12.8 Å². The fraction of sp³-hybridized carbons (Fsp3) is 1.00. The third-order valence-corrected chi connectivity index (χ3v) is 2.46. The highest BCUT2D eigenvalue weighted by atomic mass is 16.5. The Bertz CT molecular complexity index is 133. The number of nitrogens with zero attached hydrogens (tertiary/aromatic N) is 1. The van der Waals surface area contributed by atoms with Gasteiger partial charge in [-0.05, 0) is 33.2 Å². The van der Waals surface area contributed by atoms with Crippen LogP contribution in [0.2, 0.25) is 0 Å². The van der Waals surface area contributed by atoms with Gasteiger partial charge in [-0.2, -0.15) is 0 Å². The molecule has 13 heavy (non-hydrogen) atoms. The van der Waals surface area contributed by atoms with Crippen molar-refractivity contribution in [1.29, 1.82) is 0 Å². The predicted molar refractivity (Wildman–Crippen MR) is 54.7 cm³/mol. The van der Waals surface area contributed by atoms with Crippen LogP contribution in [0.3, 0.4) is 0 Å². The first-order chi connectivity index (χ1) is 6.18. The topological polar surface area (TPSA) is 38.5 Å². The Kier molecular flexibility index (Phi) is 4.70. The van der Waals surface area contributed by atoms with Gasteiger partial charge >= 0.3 is 0 Å². The van der Waals surface area contributed by atoms with Crippen LogP contribution in [-0.4, -0.2) is 43.8 Å². The molecule has 2 unspecified atom stereocenters. The summed E-state index contributed by atoms with van der Waals surface area (Å²) in [5, 5.41) is 0. The van der Waals surface area contributed by atoms with Crippen molar-refractivity contribution in [1.82, 2.24) is 4.90 Å². The van der Waals surface area contributed by atoms with Gasteiger partial charge in [0.1, 0.15) is 0 Å². The summed E-state index contributed by atoms with van der Waals surface area (Å²) in [5.41, 5.74) is 5.70. The molecule has 0 saturated carbocycles. The van der Waals surface area contributed by atoms with Crippen molar-refractivity contribution < 1.29 is 4.74 Å². The molecule has 0 amide bonds. The van der Waals surface area contributed by atoms with Crippen LogP contribution in [0.1, 0.15) is 26.2 Å². The fourth-order valence-electron chi connectivity index (χ4n) is 1.82. The average Bonchev–Trinajstić information content (AvgIpc) is 2.51. The molecule has 1 heterocycles. The van der Waals surface area contributed by atoms with E-state index in [4.69, 9.17) is 10.5 Å². The molecule has 1 fully saturated rings. The van der Waals surface area contributed by atoms with Crippen molar-refractivity contribution in [2.24, 2.45) is 5.73 Å². The van der Waals surface area contributed by atoms with Gasteiger partial charge in [0.05, 0.1) is 6.10 Å². The number of rotatable bonds is 5. The first-order valence-corrected chi connectivity index (χ1v) is 5.24. The molecule has 0 bridgehead atoms. The van der Waals surface area contributed by atoms with E-state index in [0.29, 0.717) is 6.10 Å². The number of hydrogen-bond donors (Lipinski definition) is 1. The highest BCUT2D eigenvalue weighted by Crippen LogP contribution is 2.15. The summed E-state index contributed by atoms with van der Waals surface area (Å²) in [5.74, 6) is 0. The van der Waals surface area contributed by atoms with Crippen LogP contribution < -0.4 is 5.73 Å². The zero-order chi connectivity index (χ0) is 9.68. The van der Waals surface area contributed by atoms with E-state index in [1.54, 1.807) is 0 Å². The highest BCUT2D eigenvalue weighted by molar-refractivity contribution is 4.68. The lowest BCUT2D eigenvalue weighted by Gasteiger charge is -2.20. The summed E-state index contributed by atoms with van der Waals surface area (Å²) in [6.45, 7) is 5.09. The van der Waals surface area contributed by atoms with Crippen LogP contribution in [-0.2, 0) is 4.74 Å². The Labute approximate surface area is 81.2 Å². The SMILES string of the molecule is CC(N)CN(C)CCC1CCCO1. The van der Waals surface area contributed by atoms with Crippen LogP contribution in [0.25, 0.3) is 0 Å². The molecule has 1 rings (SSSR count). The molecule has 1 saturated heterocycles. The maximum atomic E-state index is 5.70. The van der Waals surface area contributed by atoms with Gasteiger partial charge in [0.2, 0.25) is 0 Å². The summed E-state index contributed by atoms with van der Waals surface area (Å²) in [6.07, 6.45) is 4.15. The molecule has 1 aliphatic rings. The smallest absolute Gasteiger partial charge is 0.0588 e. The summed E-state index contributed by atoms with van der Waals surface area (Å²) < 4.78 is 5.55. The summed E-state index contributed by atoms with van der Waals surface area (Å²) in [4.78, 5) is 2.28. The Hall–Kier alpha value is -0.120. The van der Waals surface area contributed by atoms with Crippen molar-refractivity contribution in [3.63, 3.8) is 0 Å². The molecular weight excluding hydrogens is 164 g/mol. The number of ether oxygens (including phenoxy) is 1. The third kappa shape index (κ3) is 4.60. The minimum Gasteiger partial charge on any atom is -0.378 e. The molecule has 0 aromatic carbocycles. The van der Waals surface area contributed by atoms with E-state index >= 15 is 0 Å². The van der Waals surface area contributed by atoms with Crippen molar-refractivity contribution in [3.8, 4) is 0 Å². The molecule has 3 heteroatoms. The van der Waals surface area contributed by atoms with E-state index in [0.717, 1.165) is 26.1 Å². The van der Waals surface area contributed by atoms with Gasteiger partial charge < -0.3 is 15.4 Å². The zero-order valence-electron chi connectivity index (χ0n) is 8.83. The highest BCUT2D eigenvalue weighted by Gasteiger charge is 2.15. The van der Waals surface area contributed by atoms with Crippen molar-refractivity contribution in [2.45, 2.75) is 38.3 Å². The van der Waals surface area contributed by atoms with Crippen LogP contribution in [0.5, 0.6) is 0 Å². The van der Waals surface area contributed by atoms with Crippen molar-refractivity contribution >= 4 is 0 Å². The summed E-state index contributed by atoms with van der Waals surface area (Å²) in [7, 11) is 2.12. The molecule has 78 valence electrons. The van der Waals surface area contributed by atoms with Gasteiger partial charge in [0.15, 0.2) is 0 Å². The first kappa shape index (κ1) is 11.0. The second-order valence-electron chi connectivity index (χ2n) is 4.16. The van der Waals surface area contributed by atoms with Gasteiger partial charge in [-0.3, -0.25) is 0 Å². The van der Waals surface area contributed by atoms with Crippen molar-refractivity contribution in [3.05, 3.63) is 0 Å². The van der Waals surface area contributed by atoms with Gasteiger partial charge in [-0.15, -0.1) is 0 Å². The molecule has 0 aromatic rings. The van der Waals surface area contributed by atoms with E-state index in [1.807, 2.05) is 6.92 Å². The molecular formula is C10H22N2O. The van der Waals surface area contributed by atoms with E-state index in [2.05, 4.69) is 11.9 Å². The lowest BCUT2D eigenvalue weighted by Crippen LogP contribution is -2.34. The Morgan fingerprint density at radius 2 is 2.38 bits per heavy atom. The van der Waals surface area contributed by atoms with E-state index < -0.39 is 0 Å². The maximum Gasteiger partial charge on any atom is 0.0588 e. The third-order valence-electron chi connectivity index (χ3n) is 2.46. The minimum absolute atomic E-state index is 0.273. The molecule has 0 radical (unpaired) electrons. The van der Waals surface area contributed by atoms with Gasteiger partial charge in [0.25, 0.3) is 0 Å². The lowest BCUT2D eigenvalue weighted by molar-refractivity contribution is 0.0946. The molecule has 0 aliphatic carbocycles. The normalized spacial score (nSPS) is 25.4. The minimum atomic E-state index is 0.273. The number of hydrogen-bond acceptors (Lipinski definition) is 3. The van der Waals surface area contributed by atoms with E-state index in [-0.39, 0.29) is 6.04 Å². The molecule has 0 aromatic heterocycles. The Morgan fingerprint density at radius 3 is 2.92 bits per heavy atom. The second-order valence-corrected chi connectivity index (χ2v) is 4.16. The molecule has 3 nitrogen and oxygen atoms in total. The average molecular weight is 186 g/mol. The number of nitrogens with two attached hydrogens (primary N) is 1. The Morgan fingerprint density at radius 1 is 1.62 bits per heavy atom. The van der Waals surface area contributed by atoms with Crippen LogP contribution in [0.4, 0.5) is 0 Å². The molecule has 0 spiro atoms. The predicted octanol–water partition coefficient (Wildman–Crippen LogP) is 0.834. The van der Waals surface area contributed by atoms with Crippen LogP contribution in [0, 0.1) is 0 Å². The monoisotopic (exact) mass is 186 g/mol. The summed E-state index contributed by atoms with van der Waals surface area (Å²) in [6, 6.07) is 0.273. The van der Waals surface area contributed by atoms with Gasteiger partial charge in [0, 0.05) is 25.7 Å². The molecule has 1 aliphatic heterocycles. The van der Waals surface area contributed by atoms with E-state index in [9.17, 15) is 0 Å². The van der Waals surface area contributed by atoms with Crippen molar-refractivity contribution in [2.75, 3.05) is 26.7 Å². The molecule has 2 N–H and O–H groups in total. The number of likely N-dealkylation sites (N-methyl/N-ethyl adjacent to an activating group) is 1. The summed E-state index contributed by atoms with van der Waals surface area (Å²) >= 11 is 0. The second kappa shape index (κ2) is 5.58. The Balaban J connectivity index is 2.03. The van der Waals surface area contributed by atoms with Crippen LogP contribution >= 0.6 is 0 Å². The zero-order valence-corrected chi connectivity index (χ0v) is 8.83. The van der Waals surface area contributed by atoms with Crippen LogP contribution in [0.15, 0.2) is 0 Å². The largest absolute Gasteiger partial charge is 0.378 e. The molecule has 2 atom stereocenters. The fourth-order valence-corrected chi connectivity index (χ4v) is 1.82. The lowest BCUT2D eigenvalue weighted by atomic mass is 10.2. The maximum absolute atomic E-state index is 5.70. The standard InChI is InChI=1S/C10H22N2O/c1-9(11)8-12(2)6-5-10-4-3-7-13-10/h9-10H,3-8,11H2,1-2H3.